The van der Waals surface area contributed by atoms with Gasteiger partial charge < -0.3 is 10.0 Å². The molecule has 0 aliphatic carbocycles. The molecule has 4 rings (SSSR count). The van der Waals surface area contributed by atoms with Crippen LogP contribution in [0.1, 0.15) is 42.0 Å². The summed E-state index contributed by atoms with van der Waals surface area (Å²) in [7, 11) is 0. The Hall–Kier alpha value is -2.69. The first-order valence-electron chi connectivity index (χ1n) is 11.4. The van der Waals surface area contributed by atoms with Crippen molar-refractivity contribution in [3.63, 3.8) is 0 Å². The first kappa shape index (κ1) is 21.5. The zero-order valence-electron chi connectivity index (χ0n) is 18.2. The fraction of sp³-hybridized carbons (Fsp3) is 0.370. The van der Waals surface area contributed by atoms with Gasteiger partial charge in [-0.25, -0.2) is 0 Å². The minimum absolute atomic E-state index is 0.372. The number of phenols is 1. The van der Waals surface area contributed by atoms with Gasteiger partial charge in [-0.2, -0.15) is 0 Å². The van der Waals surface area contributed by atoms with Gasteiger partial charge in [-0.05, 0) is 68.6 Å². The van der Waals surface area contributed by atoms with Crippen LogP contribution in [0.3, 0.4) is 0 Å². The van der Waals surface area contributed by atoms with Crippen molar-refractivity contribution in [2.75, 3.05) is 26.2 Å². The van der Waals surface area contributed by atoms with Gasteiger partial charge in [0.15, 0.2) is 0 Å². The van der Waals surface area contributed by atoms with E-state index in [1.165, 1.54) is 31.5 Å². The Morgan fingerprint density at radius 1 is 0.871 bits per heavy atom. The summed E-state index contributed by atoms with van der Waals surface area (Å²) in [5.41, 5.74) is 3.54. The maximum atomic E-state index is 10.2. The van der Waals surface area contributed by atoms with Gasteiger partial charge in [-0.1, -0.05) is 54.6 Å². The predicted molar refractivity (Wildman–Crippen MR) is 126 cm³/mol. The zero-order chi connectivity index (χ0) is 21.3. The highest BCUT2D eigenvalue weighted by molar-refractivity contribution is 5.31. The number of piperidine rings is 1. The van der Waals surface area contributed by atoms with Crippen molar-refractivity contribution in [1.82, 2.24) is 14.8 Å². The van der Waals surface area contributed by atoms with Crippen LogP contribution < -0.4 is 0 Å². The average molecular weight is 416 g/mol. The molecule has 1 aliphatic rings. The van der Waals surface area contributed by atoms with E-state index < -0.39 is 0 Å². The van der Waals surface area contributed by atoms with Crippen molar-refractivity contribution in [3.05, 3.63) is 95.8 Å². The number of benzene rings is 2. The van der Waals surface area contributed by atoms with Crippen LogP contribution in [0, 0.1) is 0 Å². The van der Waals surface area contributed by atoms with Gasteiger partial charge in [-0.15, -0.1) is 0 Å². The summed E-state index contributed by atoms with van der Waals surface area (Å²) in [4.78, 5) is 9.51. The van der Waals surface area contributed by atoms with E-state index in [0.717, 1.165) is 43.9 Å². The molecule has 0 unspecified atom stereocenters. The second kappa shape index (κ2) is 11.1. The van der Waals surface area contributed by atoms with E-state index in [1.807, 2.05) is 36.5 Å². The summed E-state index contributed by atoms with van der Waals surface area (Å²) in [6.07, 6.45) is 5.47. The van der Waals surface area contributed by atoms with Gasteiger partial charge in [0.05, 0.1) is 5.69 Å². The maximum Gasteiger partial charge on any atom is 0.120 e. The number of phenolic OH excluding ortho intramolecular Hbond substituents is 1. The lowest BCUT2D eigenvalue weighted by Gasteiger charge is -2.33. The number of likely N-dealkylation sites (tertiary alicyclic amines) is 1. The quantitative estimate of drug-likeness (QED) is 0.530. The monoisotopic (exact) mass is 415 g/mol. The highest BCUT2D eigenvalue weighted by Gasteiger charge is 2.20. The van der Waals surface area contributed by atoms with E-state index in [-0.39, 0.29) is 0 Å². The van der Waals surface area contributed by atoms with E-state index in [4.69, 9.17) is 0 Å². The van der Waals surface area contributed by atoms with Crippen LogP contribution in [0.25, 0.3) is 0 Å². The number of nitrogens with zero attached hydrogens (tertiary/aromatic N) is 3. The number of rotatable bonds is 9. The molecule has 1 fully saturated rings. The molecule has 4 heteroatoms. The average Bonchev–Trinajstić information content (AvgIpc) is 2.82. The number of aromatic hydroxyl groups is 1. The second-order valence-electron chi connectivity index (χ2n) is 8.54. The molecule has 0 bridgehead atoms. The SMILES string of the molecule is Oc1ccccc1CN(CCCN1CCC(c2ccccc2)CC1)Cc1ccccn1. The molecular weight excluding hydrogens is 382 g/mol. The fourth-order valence-corrected chi connectivity index (χ4v) is 4.55. The molecule has 2 heterocycles. The highest BCUT2D eigenvalue weighted by Crippen LogP contribution is 2.27. The zero-order valence-corrected chi connectivity index (χ0v) is 18.2. The Bertz CT molecular complexity index is 908. The van der Waals surface area contributed by atoms with Gasteiger partial charge >= 0.3 is 0 Å². The lowest BCUT2D eigenvalue weighted by molar-refractivity contribution is 0.185. The first-order chi connectivity index (χ1) is 15.3. The molecule has 1 N–H and O–H groups in total. The standard InChI is InChI=1S/C27H33N3O/c31-27-13-5-4-11-25(27)21-30(22-26-12-6-7-16-28-26)18-8-17-29-19-14-24(15-20-29)23-9-2-1-3-10-23/h1-7,9-13,16,24,31H,8,14-15,17-22H2. The Labute approximate surface area is 186 Å². The van der Waals surface area contributed by atoms with Crippen molar-refractivity contribution < 1.29 is 5.11 Å². The molecular formula is C27H33N3O. The smallest absolute Gasteiger partial charge is 0.120 e. The summed E-state index contributed by atoms with van der Waals surface area (Å²) in [6.45, 7) is 6.01. The van der Waals surface area contributed by atoms with E-state index >= 15 is 0 Å². The largest absolute Gasteiger partial charge is 0.508 e. The molecule has 4 nitrogen and oxygen atoms in total. The van der Waals surface area contributed by atoms with Crippen LogP contribution in [0.5, 0.6) is 5.75 Å². The summed E-state index contributed by atoms with van der Waals surface area (Å²) in [6, 6.07) is 24.7. The number of para-hydroxylation sites is 1. The Kier molecular flexibility index (Phi) is 7.70. The second-order valence-corrected chi connectivity index (χ2v) is 8.54. The third-order valence-corrected chi connectivity index (χ3v) is 6.30. The minimum Gasteiger partial charge on any atom is -0.508 e. The van der Waals surface area contributed by atoms with Crippen LogP contribution >= 0.6 is 0 Å². The fourth-order valence-electron chi connectivity index (χ4n) is 4.55. The molecule has 0 atom stereocenters. The van der Waals surface area contributed by atoms with Gasteiger partial charge in [0.1, 0.15) is 5.75 Å². The molecule has 0 radical (unpaired) electrons. The lowest BCUT2D eigenvalue weighted by Crippen LogP contribution is -2.35. The summed E-state index contributed by atoms with van der Waals surface area (Å²) >= 11 is 0. The van der Waals surface area contributed by atoms with Crippen LogP contribution in [-0.2, 0) is 13.1 Å². The third-order valence-electron chi connectivity index (χ3n) is 6.30. The molecule has 0 saturated carbocycles. The summed E-state index contributed by atoms with van der Waals surface area (Å²) in [5, 5.41) is 10.2. The summed E-state index contributed by atoms with van der Waals surface area (Å²) < 4.78 is 0. The molecule has 1 aromatic heterocycles. The van der Waals surface area contributed by atoms with E-state index in [2.05, 4.69) is 51.2 Å². The number of hydrogen-bond donors (Lipinski definition) is 1. The molecule has 1 aliphatic heterocycles. The van der Waals surface area contributed by atoms with Crippen molar-refractivity contribution in [3.8, 4) is 5.75 Å². The highest BCUT2D eigenvalue weighted by atomic mass is 16.3. The first-order valence-corrected chi connectivity index (χ1v) is 11.4. The van der Waals surface area contributed by atoms with Crippen LogP contribution in [-0.4, -0.2) is 46.1 Å². The van der Waals surface area contributed by atoms with E-state index in [0.29, 0.717) is 11.7 Å². The number of hydrogen-bond acceptors (Lipinski definition) is 4. The molecule has 2 aromatic carbocycles. The van der Waals surface area contributed by atoms with Gasteiger partial charge in [0.25, 0.3) is 0 Å². The molecule has 162 valence electrons. The molecule has 1 saturated heterocycles. The van der Waals surface area contributed by atoms with Gasteiger partial charge in [0, 0.05) is 31.4 Å². The molecule has 0 amide bonds. The van der Waals surface area contributed by atoms with Crippen molar-refractivity contribution in [2.45, 2.75) is 38.3 Å². The van der Waals surface area contributed by atoms with Gasteiger partial charge in [0.2, 0.25) is 0 Å². The topological polar surface area (TPSA) is 39.6 Å². The van der Waals surface area contributed by atoms with E-state index in [1.54, 1.807) is 6.07 Å². The molecule has 0 spiro atoms. The maximum absolute atomic E-state index is 10.2. The Morgan fingerprint density at radius 2 is 1.61 bits per heavy atom. The third kappa shape index (κ3) is 6.39. The Balaban J connectivity index is 1.28. The Morgan fingerprint density at radius 3 is 2.35 bits per heavy atom. The number of aromatic nitrogens is 1. The predicted octanol–water partition coefficient (Wildman–Crippen LogP) is 5.06. The van der Waals surface area contributed by atoms with Crippen molar-refractivity contribution in [1.29, 1.82) is 0 Å². The van der Waals surface area contributed by atoms with Crippen LogP contribution in [0.15, 0.2) is 79.0 Å². The van der Waals surface area contributed by atoms with Gasteiger partial charge in [-0.3, -0.25) is 9.88 Å². The summed E-state index contributed by atoms with van der Waals surface area (Å²) in [5.74, 6) is 1.08. The van der Waals surface area contributed by atoms with Crippen LogP contribution in [0.2, 0.25) is 0 Å². The molecule has 31 heavy (non-hydrogen) atoms. The minimum atomic E-state index is 0.372. The normalized spacial score (nSPS) is 15.4. The van der Waals surface area contributed by atoms with E-state index in [9.17, 15) is 5.11 Å². The van der Waals surface area contributed by atoms with Crippen LogP contribution in [0.4, 0.5) is 0 Å². The van der Waals surface area contributed by atoms with Crippen molar-refractivity contribution in [2.24, 2.45) is 0 Å². The molecule has 3 aromatic rings. The lowest BCUT2D eigenvalue weighted by atomic mass is 9.89. The van der Waals surface area contributed by atoms with Crippen molar-refractivity contribution >= 4 is 0 Å². The number of pyridine rings is 1.